The molecule has 6 heteroatoms. The van der Waals surface area contributed by atoms with E-state index in [9.17, 15) is 4.79 Å². The van der Waals surface area contributed by atoms with Gasteiger partial charge in [-0.15, -0.1) is 0 Å². The monoisotopic (exact) mass is 416 g/mol. The summed E-state index contributed by atoms with van der Waals surface area (Å²) in [6.07, 6.45) is 8.06. The van der Waals surface area contributed by atoms with Crippen molar-refractivity contribution in [3.8, 4) is 0 Å². The smallest absolute Gasteiger partial charge is 0.223 e. The first-order chi connectivity index (χ1) is 14.1. The van der Waals surface area contributed by atoms with Crippen molar-refractivity contribution in [2.24, 2.45) is 13.0 Å². The number of nitrogens with one attached hydrogen (secondary N) is 1. The fraction of sp³-hybridized carbons (Fsp3) is 0.609. The van der Waals surface area contributed by atoms with Crippen molar-refractivity contribution in [3.63, 3.8) is 0 Å². The maximum Gasteiger partial charge on any atom is 0.223 e. The van der Waals surface area contributed by atoms with Crippen LogP contribution in [-0.2, 0) is 18.4 Å². The molecular weight excluding hydrogens is 384 g/mol. The fourth-order valence-corrected chi connectivity index (χ4v) is 5.00. The van der Waals surface area contributed by atoms with E-state index >= 15 is 0 Å². The quantitative estimate of drug-likeness (QED) is 0.781. The first-order valence-corrected chi connectivity index (χ1v) is 11.4. The molecule has 2 aliphatic heterocycles. The SMILES string of the molecule is Cn1cc(CN2CCC(C(=O)NCCN3CCCCC3)CC2)c2cc(Cl)ccc21. The minimum Gasteiger partial charge on any atom is -0.355 e. The maximum atomic E-state index is 12.6. The van der Waals surface area contributed by atoms with Gasteiger partial charge >= 0.3 is 0 Å². The lowest BCUT2D eigenvalue weighted by molar-refractivity contribution is -0.126. The molecule has 0 saturated carbocycles. The van der Waals surface area contributed by atoms with Crippen LogP contribution in [0, 0.1) is 5.92 Å². The third kappa shape index (κ3) is 5.14. The number of rotatable bonds is 6. The lowest BCUT2D eigenvalue weighted by Crippen LogP contribution is -2.43. The number of halogens is 1. The summed E-state index contributed by atoms with van der Waals surface area (Å²) in [5.41, 5.74) is 2.53. The van der Waals surface area contributed by atoms with Crippen molar-refractivity contribution in [2.45, 2.75) is 38.6 Å². The molecule has 2 aromatic rings. The van der Waals surface area contributed by atoms with Crippen molar-refractivity contribution in [1.29, 1.82) is 0 Å². The van der Waals surface area contributed by atoms with Gasteiger partial charge in [0.25, 0.3) is 0 Å². The molecule has 29 heavy (non-hydrogen) atoms. The van der Waals surface area contributed by atoms with E-state index in [1.54, 1.807) is 0 Å². The zero-order chi connectivity index (χ0) is 20.2. The molecule has 2 saturated heterocycles. The Balaban J connectivity index is 1.24. The minimum atomic E-state index is 0.162. The van der Waals surface area contributed by atoms with Gasteiger partial charge in [-0.3, -0.25) is 9.69 Å². The van der Waals surface area contributed by atoms with Gasteiger partial charge in [-0.1, -0.05) is 18.0 Å². The van der Waals surface area contributed by atoms with Gasteiger partial charge in [0.2, 0.25) is 5.91 Å². The average Bonchev–Trinajstić information content (AvgIpc) is 3.04. The minimum absolute atomic E-state index is 0.162. The summed E-state index contributed by atoms with van der Waals surface area (Å²) in [6, 6.07) is 6.10. The van der Waals surface area contributed by atoms with Gasteiger partial charge in [-0.25, -0.2) is 0 Å². The van der Waals surface area contributed by atoms with E-state index in [4.69, 9.17) is 11.6 Å². The number of hydrogen-bond acceptors (Lipinski definition) is 3. The number of carbonyl (C=O) groups excluding carboxylic acids is 1. The molecule has 0 bridgehead atoms. The van der Waals surface area contributed by atoms with Gasteiger partial charge in [0.15, 0.2) is 0 Å². The van der Waals surface area contributed by atoms with Crippen molar-refractivity contribution in [2.75, 3.05) is 39.3 Å². The molecule has 1 aromatic heterocycles. The van der Waals surface area contributed by atoms with E-state index < -0.39 is 0 Å². The van der Waals surface area contributed by atoms with Crippen LogP contribution in [-0.4, -0.2) is 59.5 Å². The number of piperidine rings is 2. The van der Waals surface area contributed by atoms with Gasteiger partial charge in [0.05, 0.1) is 0 Å². The highest BCUT2D eigenvalue weighted by atomic mass is 35.5. The first-order valence-electron chi connectivity index (χ1n) is 11.1. The van der Waals surface area contributed by atoms with Crippen LogP contribution in [0.15, 0.2) is 24.4 Å². The lowest BCUT2D eigenvalue weighted by Gasteiger charge is -2.31. The largest absolute Gasteiger partial charge is 0.355 e. The van der Waals surface area contributed by atoms with Crippen molar-refractivity contribution in [1.82, 2.24) is 19.7 Å². The maximum absolute atomic E-state index is 12.6. The summed E-state index contributed by atoms with van der Waals surface area (Å²) >= 11 is 6.22. The molecule has 1 N–H and O–H groups in total. The topological polar surface area (TPSA) is 40.5 Å². The molecule has 0 atom stereocenters. The molecule has 0 radical (unpaired) electrons. The number of fused-ring (bicyclic) bond motifs is 1. The number of benzene rings is 1. The van der Waals surface area contributed by atoms with Gasteiger partial charge in [0.1, 0.15) is 0 Å². The van der Waals surface area contributed by atoms with Crippen LogP contribution in [0.25, 0.3) is 10.9 Å². The van der Waals surface area contributed by atoms with Crippen molar-refractivity contribution < 1.29 is 4.79 Å². The Morgan fingerprint density at radius 3 is 2.62 bits per heavy atom. The summed E-state index contributed by atoms with van der Waals surface area (Å²) in [7, 11) is 2.08. The summed E-state index contributed by atoms with van der Waals surface area (Å²) in [5.74, 6) is 0.410. The molecule has 158 valence electrons. The second kappa shape index (κ2) is 9.50. The summed E-state index contributed by atoms with van der Waals surface area (Å²) in [4.78, 5) is 17.5. The van der Waals surface area contributed by atoms with E-state index in [0.29, 0.717) is 0 Å². The molecular formula is C23H33ClN4O. The molecule has 0 aliphatic carbocycles. The number of hydrogen-bond donors (Lipinski definition) is 1. The highest BCUT2D eigenvalue weighted by molar-refractivity contribution is 6.31. The Hall–Kier alpha value is -1.56. The van der Waals surface area contributed by atoms with Crippen LogP contribution in [0.2, 0.25) is 5.02 Å². The predicted molar refractivity (Wildman–Crippen MR) is 119 cm³/mol. The van der Waals surface area contributed by atoms with E-state index in [0.717, 1.165) is 50.6 Å². The van der Waals surface area contributed by atoms with Gasteiger partial charge in [-0.05, 0) is 75.6 Å². The number of nitrogens with zero attached hydrogens (tertiary/aromatic N) is 3. The highest BCUT2D eigenvalue weighted by Gasteiger charge is 2.25. The first kappa shape index (κ1) is 20.7. The van der Waals surface area contributed by atoms with Gasteiger partial charge in [0, 0.05) is 54.7 Å². The number of amides is 1. The van der Waals surface area contributed by atoms with Gasteiger partial charge < -0.3 is 14.8 Å². The third-order valence-electron chi connectivity index (χ3n) is 6.56. The molecule has 0 unspecified atom stereocenters. The molecule has 4 rings (SSSR count). The summed E-state index contributed by atoms with van der Waals surface area (Å²) in [6.45, 7) is 7.02. The second-order valence-corrected chi connectivity index (χ2v) is 9.11. The third-order valence-corrected chi connectivity index (χ3v) is 6.80. The number of carbonyl (C=O) groups is 1. The lowest BCUT2D eigenvalue weighted by atomic mass is 9.95. The molecule has 2 aliphatic rings. The van der Waals surface area contributed by atoms with Crippen LogP contribution in [0.1, 0.15) is 37.7 Å². The van der Waals surface area contributed by atoms with E-state index in [1.165, 1.54) is 48.8 Å². The molecule has 2 fully saturated rings. The van der Waals surface area contributed by atoms with Crippen molar-refractivity contribution in [3.05, 3.63) is 35.0 Å². The number of likely N-dealkylation sites (tertiary alicyclic amines) is 2. The molecule has 5 nitrogen and oxygen atoms in total. The van der Waals surface area contributed by atoms with E-state index in [-0.39, 0.29) is 11.8 Å². The van der Waals surface area contributed by atoms with Crippen LogP contribution >= 0.6 is 11.6 Å². The Labute approximate surface area is 179 Å². The van der Waals surface area contributed by atoms with E-state index in [2.05, 4.69) is 45.1 Å². The Morgan fingerprint density at radius 1 is 1.10 bits per heavy atom. The van der Waals surface area contributed by atoms with Crippen LogP contribution in [0.5, 0.6) is 0 Å². The zero-order valence-electron chi connectivity index (χ0n) is 17.5. The van der Waals surface area contributed by atoms with Crippen molar-refractivity contribution >= 4 is 28.4 Å². The fourth-order valence-electron chi connectivity index (χ4n) is 4.83. The predicted octanol–water partition coefficient (Wildman–Crippen LogP) is 3.65. The average molecular weight is 417 g/mol. The van der Waals surface area contributed by atoms with Crippen LogP contribution < -0.4 is 5.32 Å². The number of aryl methyl sites for hydroxylation is 1. The van der Waals surface area contributed by atoms with Crippen LogP contribution in [0.4, 0.5) is 0 Å². The summed E-state index contributed by atoms with van der Waals surface area (Å²) in [5, 5.41) is 5.20. The standard InChI is InChI=1S/C23H33ClN4O/c1-26-16-19(21-15-20(24)5-6-22(21)26)17-28-12-7-18(8-13-28)23(29)25-9-14-27-10-3-2-4-11-27/h5-6,15-16,18H,2-4,7-14,17H2,1H3,(H,25,29). The van der Waals surface area contributed by atoms with E-state index in [1.807, 2.05) is 6.07 Å². The van der Waals surface area contributed by atoms with Gasteiger partial charge in [-0.2, -0.15) is 0 Å². The molecule has 1 aromatic carbocycles. The van der Waals surface area contributed by atoms with Crippen LogP contribution in [0.3, 0.4) is 0 Å². The molecule has 3 heterocycles. The summed E-state index contributed by atoms with van der Waals surface area (Å²) < 4.78 is 2.17. The Kier molecular flexibility index (Phi) is 6.78. The Morgan fingerprint density at radius 2 is 1.86 bits per heavy atom. The molecule has 1 amide bonds. The highest BCUT2D eigenvalue weighted by Crippen LogP contribution is 2.27. The Bertz CT molecular complexity index is 835. The normalized spacial score (nSPS) is 19.7. The number of aromatic nitrogens is 1. The second-order valence-electron chi connectivity index (χ2n) is 8.67. The molecule has 0 spiro atoms. The zero-order valence-corrected chi connectivity index (χ0v) is 18.3.